The van der Waals surface area contributed by atoms with Crippen molar-refractivity contribution in [3.8, 4) is 6.07 Å². The second kappa shape index (κ2) is 7.09. The molecule has 0 spiro atoms. The normalized spacial score (nSPS) is 11.8. The lowest BCUT2D eigenvalue weighted by Crippen LogP contribution is -2.10. The van der Waals surface area contributed by atoms with Gasteiger partial charge in [-0.15, -0.1) is 0 Å². The molecule has 2 N–H and O–H groups in total. The number of benzene rings is 2. The van der Waals surface area contributed by atoms with Gasteiger partial charge in [-0.2, -0.15) is 5.26 Å². The monoisotopic (exact) mass is 284 g/mol. The van der Waals surface area contributed by atoms with Crippen LogP contribution in [0, 0.1) is 11.3 Å². The lowest BCUT2D eigenvalue weighted by Gasteiger charge is -2.17. The molecule has 2 aromatic carbocycles. The number of nitrogens with zero attached hydrogens (tertiary/aromatic N) is 1. The van der Waals surface area contributed by atoms with Gasteiger partial charge in [0.1, 0.15) is 0 Å². The van der Waals surface area contributed by atoms with Crippen molar-refractivity contribution < 1.29 is 0 Å². The van der Waals surface area contributed by atoms with Crippen LogP contribution in [0.4, 0.5) is 0 Å². The highest BCUT2D eigenvalue weighted by Gasteiger charge is 2.12. The van der Waals surface area contributed by atoms with E-state index in [0.29, 0.717) is 18.0 Å². The van der Waals surface area contributed by atoms with Gasteiger partial charge in [-0.1, -0.05) is 35.9 Å². The predicted octanol–water partition coefficient (Wildman–Crippen LogP) is 3.89. The highest BCUT2D eigenvalue weighted by Crippen LogP contribution is 2.25. The molecule has 2 rings (SSSR count). The van der Waals surface area contributed by atoms with Gasteiger partial charge in [0.2, 0.25) is 0 Å². The molecule has 102 valence electrons. The highest BCUT2D eigenvalue weighted by molar-refractivity contribution is 6.30. The standard InChI is InChI=1S/C17H17ClN2/c18-17-6-4-13(5-7-17)10-16(8-9-19)15-3-1-2-14(11-15)12-20/h1-7,11,16H,8-10,19H2. The summed E-state index contributed by atoms with van der Waals surface area (Å²) in [4.78, 5) is 0. The van der Waals surface area contributed by atoms with Gasteiger partial charge in [0.25, 0.3) is 0 Å². The van der Waals surface area contributed by atoms with Crippen molar-refractivity contribution in [1.29, 1.82) is 5.26 Å². The molecule has 0 amide bonds. The zero-order chi connectivity index (χ0) is 14.4. The molecule has 0 heterocycles. The summed E-state index contributed by atoms with van der Waals surface area (Å²) < 4.78 is 0. The first kappa shape index (κ1) is 14.6. The number of halogens is 1. The minimum Gasteiger partial charge on any atom is -0.330 e. The van der Waals surface area contributed by atoms with E-state index in [1.165, 1.54) is 11.1 Å². The Bertz CT molecular complexity index is 599. The fourth-order valence-corrected chi connectivity index (χ4v) is 2.48. The second-order valence-electron chi connectivity index (χ2n) is 4.84. The lowest BCUT2D eigenvalue weighted by molar-refractivity contribution is 0.630. The quantitative estimate of drug-likeness (QED) is 0.905. The van der Waals surface area contributed by atoms with E-state index in [1.54, 1.807) is 0 Å². The van der Waals surface area contributed by atoms with Crippen LogP contribution in [0.25, 0.3) is 0 Å². The first-order valence-electron chi connectivity index (χ1n) is 6.67. The smallest absolute Gasteiger partial charge is 0.0991 e. The summed E-state index contributed by atoms with van der Waals surface area (Å²) in [5.74, 6) is 0.328. The number of rotatable bonds is 5. The molecule has 0 bridgehead atoms. The highest BCUT2D eigenvalue weighted by atomic mass is 35.5. The molecule has 1 unspecified atom stereocenters. The molecule has 0 aliphatic rings. The minimum atomic E-state index is 0.328. The van der Waals surface area contributed by atoms with Crippen molar-refractivity contribution in [2.75, 3.05) is 6.54 Å². The van der Waals surface area contributed by atoms with E-state index in [0.717, 1.165) is 17.9 Å². The van der Waals surface area contributed by atoms with Crippen molar-refractivity contribution in [3.05, 3.63) is 70.2 Å². The second-order valence-corrected chi connectivity index (χ2v) is 5.28. The minimum absolute atomic E-state index is 0.328. The molecular weight excluding hydrogens is 268 g/mol. The summed E-state index contributed by atoms with van der Waals surface area (Å²) in [6, 6.07) is 17.9. The van der Waals surface area contributed by atoms with Crippen LogP contribution >= 0.6 is 11.6 Å². The molecule has 3 heteroatoms. The van der Waals surface area contributed by atoms with Gasteiger partial charge in [-0.25, -0.2) is 0 Å². The van der Waals surface area contributed by atoms with Crippen LogP contribution in [0.5, 0.6) is 0 Å². The van der Waals surface area contributed by atoms with Crippen molar-refractivity contribution in [1.82, 2.24) is 0 Å². The molecular formula is C17H17ClN2. The van der Waals surface area contributed by atoms with E-state index in [4.69, 9.17) is 22.6 Å². The van der Waals surface area contributed by atoms with E-state index in [9.17, 15) is 0 Å². The van der Waals surface area contributed by atoms with Crippen molar-refractivity contribution in [3.63, 3.8) is 0 Å². The largest absolute Gasteiger partial charge is 0.330 e. The van der Waals surface area contributed by atoms with Gasteiger partial charge >= 0.3 is 0 Å². The summed E-state index contributed by atoms with van der Waals surface area (Å²) in [6.07, 6.45) is 1.81. The summed E-state index contributed by atoms with van der Waals surface area (Å²) in [5.41, 5.74) is 8.83. The van der Waals surface area contributed by atoms with Gasteiger partial charge in [0.15, 0.2) is 0 Å². The van der Waals surface area contributed by atoms with Gasteiger partial charge in [-0.05, 0) is 60.7 Å². The predicted molar refractivity (Wildman–Crippen MR) is 82.7 cm³/mol. The lowest BCUT2D eigenvalue weighted by atomic mass is 9.88. The molecule has 0 fully saturated rings. The molecule has 0 aliphatic heterocycles. The van der Waals surface area contributed by atoms with E-state index in [2.05, 4.69) is 12.1 Å². The third kappa shape index (κ3) is 3.84. The molecule has 0 saturated carbocycles. The number of hydrogen-bond acceptors (Lipinski definition) is 2. The molecule has 2 nitrogen and oxygen atoms in total. The van der Waals surface area contributed by atoms with Crippen LogP contribution in [-0.2, 0) is 6.42 Å². The summed E-state index contributed by atoms with van der Waals surface area (Å²) in [6.45, 7) is 0.634. The van der Waals surface area contributed by atoms with Crippen molar-refractivity contribution in [2.45, 2.75) is 18.8 Å². The average Bonchev–Trinajstić information content (AvgIpc) is 2.49. The zero-order valence-corrected chi connectivity index (χ0v) is 12.0. The first-order valence-corrected chi connectivity index (χ1v) is 7.05. The number of hydrogen-bond donors (Lipinski definition) is 1. The van der Waals surface area contributed by atoms with Gasteiger partial charge < -0.3 is 5.73 Å². The molecule has 0 radical (unpaired) electrons. The molecule has 0 aromatic heterocycles. The van der Waals surface area contributed by atoms with E-state index in [-0.39, 0.29) is 0 Å². The average molecular weight is 285 g/mol. The first-order chi connectivity index (χ1) is 9.72. The maximum absolute atomic E-state index is 9.00. The van der Waals surface area contributed by atoms with Crippen LogP contribution in [-0.4, -0.2) is 6.54 Å². The molecule has 2 aromatic rings. The van der Waals surface area contributed by atoms with Gasteiger partial charge in [-0.3, -0.25) is 0 Å². The summed E-state index contributed by atoms with van der Waals surface area (Å²) in [5, 5.41) is 9.75. The fourth-order valence-electron chi connectivity index (χ4n) is 2.35. The maximum atomic E-state index is 9.00. The van der Waals surface area contributed by atoms with Crippen molar-refractivity contribution in [2.24, 2.45) is 5.73 Å². The van der Waals surface area contributed by atoms with Gasteiger partial charge in [0.05, 0.1) is 11.6 Å². The van der Waals surface area contributed by atoms with Crippen LogP contribution < -0.4 is 5.73 Å². The Morgan fingerprint density at radius 3 is 2.55 bits per heavy atom. The van der Waals surface area contributed by atoms with E-state index < -0.39 is 0 Å². The molecule has 0 saturated heterocycles. The van der Waals surface area contributed by atoms with Crippen LogP contribution in [0.1, 0.15) is 29.0 Å². The zero-order valence-electron chi connectivity index (χ0n) is 11.2. The maximum Gasteiger partial charge on any atom is 0.0991 e. The van der Waals surface area contributed by atoms with E-state index in [1.807, 2.05) is 42.5 Å². The Kier molecular flexibility index (Phi) is 5.17. The van der Waals surface area contributed by atoms with Crippen LogP contribution in [0.3, 0.4) is 0 Å². The Morgan fingerprint density at radius 1 is 1.15 bits per heavy atom. The Morgan fingerprint density at radius 2 is 1.90 bits per heavy atom. The SMILES string of the molecule is N#Cc1cccc(C(CCN)Cc2ccc(Cl)cc2)c1. The number of nitriles is 1. The summed E-state index contributed by atoms with van der Waals surface area (Å²) >= 11 is 5.91. The van der Waals surface area contributed by atoms with Crippen LogP contribution in [0.15, 0.2) is 48.5 Å². The topological polar surface area (TPSA) is 49.8 Å². The Labute approximate surface area is 124 Å². The van der Waals surface area contributed by atoms with E-state index >= 15 is 0 Å². The third-order valence-corrected chi connectivity index (χ3v) is 3.65. The number of nitrogens with two attached hydrogens (primary N) is 1. The Hall–Kier alpha value is -1.82. The fraction of sp³-hybridized carbons (Fsp3) is 0.235. The summed E-state index contributed by atoms with van der Waals surface area (Å²) in [7, 11) is 0. The van der Waals surface area contributed by atoms with Crippen LogP contribution in [0.2, 0.25) is 5.02 Å². The van der Waals surface area contributed by atoms with Gasteiger partial charge in [0, 0.05) is 5.02 Å². The molecule has 20 heavy (non-hydrogen) atoms. The molecule has 1 atom stereocenters. The molecule has 0 aliphatic carbocycles. The third-order valence-electron chi connectivity index (χ3n) is 3.40. The Balaban J connectivity index is 2.22. The van der Waals surface area contributed by atoms with Crippen molar-refractivity contribution >= 4 is 11.6 Å².